The van der Waals surface area contributed by atoms with Crippen LogP contribution in [0.2, 0.25) is 0 Å². The average Bonchev–Trinajstić information content (AvgIpc) is 3.72. The molecule has 10 rings (SSSR count). The number of aromatic nitrogens is 3. The van der Waals surface area contributed by atoms with Crippen molar-refractivity contribution in [2.75, 3.05) is 0 Å². The number of furan rings is 1. The number of benzene rings is 6. The number of para-hydroxylation sites is 2. The largest absolute Gasteiger partial charge is 0.456 e. The molecule has 0 N–H and O–H groups in total. The average molecular weight is 604 g/mol. The zero-order valence-electron chi connectivity index (χ0n) is 26.0. The lowest BCUT2D eigenvalue weighted by Gasteiger charge is -2.24. The Bertz CT molecular complexity index is 2710. The summed E-state index contributed by atoms with van der Waals surface area (Å²) in [6, 6.07) is 49.2. The second-order valence-corrected chi connectivity index (χ2v) is 13.0. The summed E-state index contributed by atoms with van der Waals surface area (Å²) >= 11 is 0. The minimum Gasteiger partial charge on any atom is -0.456 e. The van der Waals surface area contributed by atoms with E-state index < -0.39 is 0 Å². The van der Waals surface area contributed by atoms with Crippen molar-refractivity contribution in [2.45, 2.75) is 19.3 Å². The molecule has 0 bridgehead atoms. The van der Waals surface area contributed by atoms with Gasteiger partial charge in [-0.25, -0.2) is 9.97 Å². The Morgan fingerprint density at radius 2 is 1.26 bits per heavy atom. The van der Waals surface area contributed by atoms with Crippen LogP contribution in [0.5, 0.6) is 0 Å². The molecule has 0 amide bonds. The minimum absolute atomic E-state index is 0.257. The van der Waals surface area contributed by atoms with Crippen LogP contribution in [0.4, 0.5) is 0 Å². The molecule has 1 aliphatic carbocycles. The van der Waals surface area contributed by atoms with E-state index in [2.05, 4.69) is 128 Å². The molecule has 0 aliphatic heterocycles. The molecule has 9 aromatic rings. The van der Waals surface area contributed by atoms with Crippen LogP contribution in [0.25, 0.3) is 83.3 Å². The van der Waals surface area contributed by atoms with Crippen LogP contribution in [0.3, 0.4) is 0 Å². The molecule has 0 atom stereocenters. The van der Waals surface area contributed by atoms with E-state index in [1.165, 1.54) is 27.5 Å². The summed E-state index contributed by atoms with van der Waals surface area (Å²) in [6.07, 6.45) is 0. The molecule has 3 heterocycles. The van der Waals surface area contributed by atoms with Gasteiger partial charge < -0.3 is 8.98 Å². The van der Waals surface area contributed by atoms with Gasteiger partial charge >= 0.3 is 0 Å². The number of fused-ring (bicyclic) bond motifs is 9. The van der Waals surface area contributed by atoms with Gasteiger partial charge in [0.05, 0.1) is 22.4 Å². The molecule has 0 saturated heterocycles. The van der Waals surface area contributed by atoms with E-state index in [-0.39, 0.29) is 5.41 Å². The molecule has 4 nitrogen and oxygen atoms in total. The van der Waals surface area contributed by atoms with Gasteiger partial charge in [-0.1, -0.05) is 117 Å². The summed E-state index contributed by atoms with van der Waals surface area (Å²) in [5.74, 6) is 0.739. The van der Waals surface area contributed by atoms with Crippen LogP contribution in [0.1, 0.15) is 25.0 Å². The molecule has 6 aromatic carbocycles. The summed E-state index contributed by atoms with van der Waals surface area (Å²) in [5.41, 5.74) is 12.6. The third-order valence-electron chi connectivity index (χ3n) is 9.97. The van der Waals surface area contributed by atoms with Crippen LogP contribution in [-0.4, -0.2) is 14.5 Å². The van der Waals surface area contributed by atoms with E-state index in [0.29, 0.717) is 0 Å². The van der Waals surface area contributed by atoms with E-state index in [0.717, 1.165) is 67.0 Å². The van der Waals surface area contributed by atoms with Gasteiger partial charge in [-0.3, -0.25) is 0 Å². The maximum atomic E-state index is 6.31. The molecular formula is C43H29N3O. The highest BCUT2D eigenvalue weighted by Gasteiger charge is 2.40. The smallest absolute Gasteiger partial charge is 0.160 e. The molecule has 3 aromatic heterocycles. The van der Waals surface area contributed by atoms with Crippen molar-refractivity contribution in [3.63, 3.8) is 0 Å². The standard InChI is InChI=1S/C43H29N3O/c1-43(2)34-20-9-6-19-31(34)41-39(43)40(44-42(45-41)26-13-4-3-5-14-26)27-15-12-16-28(23-27)46-35-21-10-7-17-29(35)32-25-38-33(24-36(32)46)30-18-8-11-22-37(30)47-38/h3-25H,1-2H3. The second-order valence-electron chi connectivity index (χ2n) is 13.0. The van der Waals surface area contributed by atoms with Crippen molar-refractivity contribution in [3.05, 3.63) is 151 Å². The van der Waals surface area contributed by atoms with Gasteiger partial charge in [-0.15, -0.1) is 0 Å². The van der Waals surface area contributed by atoms with Crippen LogP contribution < -0.4 is 0 Å². The molecule has 0 saturated carbocycles. The predicted octanol–water partition coefficient (Wildman–Crippen LogP) is 11.1. The summed E-state index contributed by atoms with van der Waals surface area (Å²) < 4.78 is 8.70. The van der Waals surface area contributed by atoms with E-state index >= 15 is 0 Å². The van der Waals surface area contributed by atoms with Crippen molar-refractivity contribution in [1.29, 1.82) is 0 Å². The lowest BCUT2D eigenvalue weighted by atomic mass is 9.81. The van der Waals surface area contributed by atoms with Gasteiger partial charge in [0.1, 0.15) is 11.2 Å². The molecule has 0 fully saturated rings. The highest BCUT2D eigenvalue weighted by Crippen LogP contribution is 2.51. The summed E-state index contributed by atoms with van der Waals surface area (Å²) in [6.45, 7) is 4.59. The van der Waals surface area contributed by atoms with Crippen molar-refractivity contribution in [2.24, 2.45) is 0 Å². The fourth-order valence-electron chi connectivity index (χ4n) is 7.80. The van der Waals surface area contributed by atoms with Crippen molar-refractivity contribution < 1.29 is 4.42 Å². The van der Waals surface area contributed by atoms with E-state index in [1.807, 2.05) is 30.3 Å². The lowest BCUT2D eigenvalue weighted by Crippen LogP contribution is -2.17. The first-order valence-corrected chi connectivity index (χ1v) is 16.1. The van der Waals surface area contributed by atoms with Gasteiger partial charge in [-0.05, 0) is 42.0 Å². The first-order valence-electron chi connectivity index (χ1n) is 16.1. The van der Waals surface area contributed by atoms with Crippen molar-refractivity contribution >= 4 is 43.7 Å². The molecular weight excluding hydrogens is 574 g/mol. The zero-order valence-corrected chi connectivity index (χ0v) is 26.0. The van der Waals surface area contributed by atoms with Gasteiger partial charge in [0.25, 0.3) is 0 Å². The summed E-state index contributed by atoms with van der Waals surface area (Å²) in [4.78, 5) is 10.6. The molecule has 4 heteroatoms. The van der Waals surface area contributed by atoms with Gasteiger partial charge in [0.15, 0.2) is 5.82 Å². The monoisotopic (exact) mass is 603 g/mol. The molecule has 0 unspecified atom stereocenters. The Kier molecular flexibility index (Phi) is 5.31. The van der Waals surface area contributed by atoms with E-state index in [9.17, 15) is 0 Å². The lowest BCUT2D eigenvalue weighted by molar-refractivity contribution is 0.658. The zero-order chi connectivity index (χ0) is 31.3. The topological polar surface area (TPSA) is 43.9 Å². The molecule has 1 aliphatic rings. The Labute approximate surface area is 271 Å². The van der Waals surface area contributed by atoms with Crippen LogP contribution in [0, 0.1) is 0 Å². The van der Waals surface area contributed by atoms with Gasteiger partial charge in [0, 0.05) is 54.9 Å². The first-order chi connectivity index (χ1) is 23.1. The first kappa shape index (κ1) is 26.2. The highest BCUT2D eigenvalue weighted by atomic mass is 16.3. The maximum absolute atomic E-state index is 6.31. The molecule has 47 heavy (non-hydrogen) atoms. The van der Waals surface area contributed by atoms with E-state index in [4.69, 9.17) is 14.4 Å². The molecule has 0 radical (unpaired) electrons. The van der Waals surface area contributed by atoms with Crippen molar-refractivity contribution in [1.82, 2.24) is 14.5 Å². The van der Waals surface area contributed by atoms with Gasteiger partial charge in [0.2, 0.25) is 0 Å². The Morgan fingerprint density at radius 1 is 0.532 bits per heavy atom. The predicted molar refractivity (Wildman–Crippen MR) is 192 cm³/mol. The highest BCUT2D eigenvalue weighted by molar-refractivity contribution is 6.17. The number of nitrogens with zero attached hydrogens (tertiary/aromatic N) is 3. The fraction of sp³-hybridized carbons (Fsp3) is 0.0698. The van der Waals surface area contributed by atoms with E-state index in [1.54, 1.807) is 0 Å². The Balaban J connectivity index is 1.25. The normalized spacial score (nSPS) is 13.5. The third kappa shape index (κ3) is 3.70. The van der Waals surface area contributed by atoms with Crippen LogP contribution in [0.15, 0.2) is 144 Å². The maximum Gasteiger partial charge on any atom is 0.160 e. The second kappa shape index (κ2) is 9.51. The number of hydrogen-bond acceptors (Lipinski definition) is 3. The number of hydrogen-bond donors (Lipinski definition) is 0. The van der Waals surface area contributed by atoms with Crippen molar-refractivity contribution in [3.8, 4) is 39.6 Å². The fourth-order valence-corrected chi connectivity index (χ4v) is 7.80. The molecule has 222 valence electrons. The SMILES string of the molecule is CC1(C)c2ccccc2-c2nc(-c3ccccc3)nc(-c3cccc(-n4c5ccccc5c5cc6oc7ccccc7c6cc54)c3)c21. The van der Waals surface area contributed by atoms with Crippen LogP contribution >= 0.6 is 0 Å². The van der Waals surface area contributed by atoms with Crippen LogP contribution in [-0.2, 0) is 5.41 Å². The quantitative estimate of drug-likeness (QED) is 0.202. The Hall–Kier alpha value is -6.00. The summed E-state index contributed by atoms with van der Waals surface area (Å²) in [7, 11) is 0. The summed E-state index contributed by atoms with van der Waals surface area (Å²) in [5, 5.41) is 4.61. The molecule has 0 spiro atoms. The number of rotatable bonds is 3. The minimum atomic E-state index is -0.257. The Morgan fingerprint density at radius 3 is 2.15 bits per heavy atom. The third-order valence-corrected chi connectivity index (χ3v) is 9.97. The van der Waals surface area contributed by atoms with Gasteiger partial charge in [-0.2, -0.15) is 0 Å².